The predicted molar refractivity (Wildman–Crippen MR) is 73.4 cm³/mol. The standard InChI is InChI=1S/C14H20N2S/c1-5-6-7-8-17-14-13(9-15)11(3)10(2)12(4)16-14/h5-8H2,1-4H3. The van der Waals surface area contributed by atoms with Gasteiger partial charge in [-0.2, -0.15) is 5.26 Å². The second-order valence-electron chi connectivity index (χ2n) is 4.29. The zero-order chi connectivity index (χ0) is 12.8. The van der Waals surface area contributed by atoms with Crippen molar-refractivity contribution >= 4 is 11.8 Å². The van der Waals surface area contributed by atoms with E-state index < -0.39 is 0 Å². The van der Waals surface area contributed by atoms with Crippen LogP contribution in [0, 0.1) is 32.1 Å². The van der Waals surface area contributed by atoms with Gasteiger partial charge in [-0.05, 0) is 44.1 Å². The molecule has 0 aliphatic carbocycles. The molecule has 92 valence electrons. The minimum Gasteiger partial charge on any atom is -0.245 e. The first-order valence-corrected chi connectivity index (χ1v) is 7.11. The Morgan fingerprint density at radius 3 is 2.47 bits per heavy atom. The van der Waals surface area contributed by atoms with E-state index in [0.29, 0.717) is 0 Å². The summed E-state index contributed by atoms with van der Waals surface area (Å²) in [5, 5.41) is 10.1. The summed E-state index contributed by atoms with van der Waals surface area (Å²) >= 11 is 1.72. The quantitative estimate of drug-likeness (QED) is 0.580. The van der Waals surface area contributed by atoms with Gasteiger partial charge in [0.25, 0.3) is 0 Å². The zero-order valence-electron chi connectivity index (χ0n) is 11.1. The van der Waals surface area contributed by atoms with Crippen molar-refractivity contribution < 1.29 is 0 Å². The van der Waals surface area contributed by atoms with Crippen LogP contribution in [0.15, 0.2) is 5.03 Å². The molecule has 0 atom stereocenters. The first-order chi connectivity index (χ1) is 8.11. The van der Waals surface area contributed by atoms with E-state index in [1.54, 1.807) is 11.8 Å². The molecule has 1 heterocycles. The van der Waals surface area contributed by atoms with Gasteiger partial charge in [0, 0.05) is 5.69 Å². The molecule has 0 bridgehead atoms. The third kappa shape index (κ3) is 3.47. The molecule has 17 heavy (non-hydrogen) atoms. The Hall–Kier alpha value is -1.01. The van der Waals surface area contributed by atoms with Gasteiger partial charge in [0.05, 0.1) is 5.56 Å². The van der Waals surface area contributed by atoms with Crippen molar-refractivity contribution in [3.05, 3.63) is 22.4 Å². The van der Waals surface area contributed by atoms with Gasteiger partial charge in [-0.1, -0.05) is 19.8 Å². The van der Waals surface area contributed by atoms with Crippen molar-refractivity contribution in [2.45, 2.75) is 52.0 Å². The number of pyridine rings is 1. The van der Waals surface area contributed by atoms with E-state index in [4.69, 9.17) is 0 Å². The lowest BCUT2D eigenvalue weighted by molar-refractivity contribution is 0.778. The van der Waals surface area contributed by atoms with Crippen LogP contribution in [0.4, 0.5) is 0 Å². The van der Waals surface area contributed by atoms with Crippen molar-refractivity contribution in [1.29, 1.82) is 5.26 Å². The van der Waals surface area contributed by atoms with Crippen LogP contribution in [-0.4, -0.2) is 10.7 Å². The van der Waals surface area contributed by atoms with Gasteiger partial charge < -0.3 is 0 Å². The van der Waals surface area contributed by atoms with Gasteiger partial charge in [-0.3, -0.25) is 0 Å². The van der Waals surface area contributed by atoms with Gasteiger partial charge >= 0.3 is 0 Å². The van der Waals surface area contributed by atoms with Crippen LogP contribution < -0.4 is 0 Å². The average Bonchev–Trinajstić information content (AvgIpc) is 2.32. The fourth-order valence-corrected chi connectivity index (χ4v) is 2.75. The Bertz CT molecular complexity index is 433. The summed E-state index contributed by atoms with van der Waals surface area (Å²) in [7, 11) is 0. The zero-order valence-corrected chi connectivity index (χ0v) is 11.9. The fraction of sp³-hybridized carbons (Fsp3) is 0.571. The van der Waals surface area contributed by atoms with E-state index in [2.05, 4.69) is 18.0 Å². The average molecular weight is 248 g/mol. The van der Waals surface area contributed by atoms with Crippen LogP contribution in [-0.2, 0) is 0 Å². The van der Waals surface area contributed by atoms with Gasteiger partial charge in [-0.15, -0.1) is 11.8 Å². The lowest BCUT2D eigenvalue weighted by atomic mass is 10.1. The largest absolute Gasteiger partial charge is 0.245 e. The highest BCUT2D eigenvalue weighted by Crippen LogP contribution is 2.27. The molecular weight excluding hydrogens is 228 g/mol. The Morgan fingerprint density at radius 2 is 1.88 bits per heavy atom. The Balaban J connectivity index is 2.88. The molecule has 2 nitrogen and oxygen atoms in total. The van der Waals surface area contributed by atoms with E-state index in [1.165, 1.54) is 19.3 Å². The monoisotopic (exact) mass is 248 g/mol. The van der Waals surface area contributed by atoms with Crippen LogP contribution in [0.3, 0.4) is 0 Å². The maximum Gasteiger partial charge on any atom is 0.114 e. The molecule has 0 saturated carbocycles. The van der Waals surface area contributed by atoms with E-state index >= 15 is 0 Å². The van der Waals surface area contributed by atoms with Crippen LogP contribution in [0.5, 0.6) is 0 Å². The molecule has 0 saturated heterocycles. The maximum atomic E-state index is 9.21. The fourth-order valence-electron chi connectivity index (χ4n) is 1.67. The van der Waals surface area contributed by atoms with Gasteiger partial charge in [0.2, 0.25) is 0 Å². The molecule has 0 amide bonds. The summed E-state index contributed by atoms with van der Waals surface area (Å²) in [5.74, 6) is 1.05. The number of hydrogen-bond acceptors (Lipinski definition) is 3. The number of unbranched alkanes of at least 4 members (excludes halogenated alkanes) is 2. The molecule has 0 aliphatic rings. The number of hydrogen-bond donors (Lipinski definition) is 0. The highest BCUT2D eigenvalue weighted by molar-refractivity contribution is 7.99. The summed E-state index contributed by atoms with van der Waals surface area (Å²) in [6.45, 7) is 8.26. The first kappa shape index (κ1) is 14.1. The normalized spacial score (nSPS) is 10.3. The minimum absolute atomic E-state index is 0.759. The van der Waals surface area contributed by atoms with Crippen molar-refractivity contribution in [1.82, 2.24) is 4.98 Å². The number of rotatable bonds is 5. The predicted octanol–water partition coefficient (Wildman–Crippen LogP) is 4.16. The van der Waals surface area contributed by atoms with Crippen molar-refractivity contribution in [3.8, 4) is 6.07 Å². The summed E-state index contributed by atoms with van der Waals surface area (Å²) in [5.41, 5.74) is 4.02. The highest BCUT2D eigenvalue weighted by atomic mass is 32.2. The van der Waals surface area contributed by atoms with E-state index in [0.717, 1.165) is 33.2 Å². The SMILES string of the molecule is CCCCCSc1nc(C)c(C)c(C)c1C#N. The molecule has 0 fully saturated rings. The lowest BCUT2D eigenvalue weighted by Crippen LogP contribution is -1.99. The molecule has 0 spiro atoms. The topological polar surface area (TPSA) is 36.7 Å². The summed E-state index contributed by atoms with van der Waals surface area (Å²) < 4.78 is 0. The van der Waals surface area contributed by atoms with Crippen molar-refractivity contribution in [2.75, 3.05) is 5.75 Å². The number of nitrogens with zero attached hydrogens (tertiary/aromatic N) is 2. The van der Waals surface area contributed by atoms with Crippen LogP contribution in [0.1, 0.15) is 48.6 Å². The van der Waals surface area contributed by atoms with Crippen molar-refractivity contribution in [2.24, 2.45) is 0 Å². The Kier molecular flexibility index (Phi) is 5.50. The Morgan fingerprint density at radius 1 is 1.18 bits per heavy atom. The highest BCUT2D eigenvalue weighted by Gasteiger charge is 2.12. The number of aromatic nitrogens is 1. The summed E-state index contributed by atoms with van der Waals surface area (Å²) in [4.78, 5) is 4.54. The van der Waals surface area contributed by atoms with Crippen LogP contribution >= 0.6 is 11.8 Å². The maximum absolute atomic E-state index is 9.21. The third-order valence-corrected chi connectivity index (χ3v) is 4.12. The molecule has 0 aliphatic heterocycles. The second-order valence-corrected chi connectivity index (χ2v) is 5.38. The second kappa shape index (κ2) is 6.66. The first-order valence-electron chi connectivity index (χ1n) is 6.12. The molecule has 1 aromatic rings. The van der Waals surface area contributed by atoms with Gasteiger partial charge in [0.15, 0.2) is 0 Å². The van der Waals surface area contributed by atoms with Crippen LogP contribution in [0.25, 0.3) is 0 Å². The lowest BCUT2D eigenvalue weighted by Gasteiger charge is -2.10. The molecular formula is C14H20N2S. The number of thioether (sulfide) groups is 1. The minimum atomic E-state index is 0.759. The van der Waals surface area contributed by atoms with E-state index in [1.807, 2.05) is 20.8 Å². The molecule has 3 heteroatoms. The van der Waals surface area contributed by atoms with Crippen LogP contribution in [0.2, 0.25) is 0 Å². The molecule has 0 aromatic carbocycles. The van der Waals surface area contributed by atoms with Crippen molar-refractivity contribution in [3.63, 3.8) is 0 Å². The molecule has 0 unspecified atom stereocenters. The summed E-state index contributed by atoms with van der Waals surface area (Å²) in [6.07, 6.45) is 3.67. The molecule has 0 N–H and O–H groups in total. The van der Waals surface area contributed by atoms with Gasteiger partial charge in [0.1, 0.15) is 11.1 Å². The van der Waals surface area contributed by atoms with E-state index in [-0.39, 0.29) is 0 Å². The molecule has 0 radical (unpaired) electrons. The molecule has 1 aromatic heterocycles. The van der Waals surface area contributed by atoms with Gasteiger partial charge in [-0.25, -0.2) is 4.98 Å². The molecule has 1 rings (SSSR count). The summed E-state index contributed by atoms with van der Waals surface area (Å²) in [6, 6.07) is 2.29. The number of aryl methyl sites for hydroxylation is 1. The number of nitriles is 1. The smallest absolute Gasteiger partial charge is 0.114 e. The Labute approximate surface area is 108 Å². The van der Waals surface area contributed by atoms with E-state index in [9.17, 15) is 5.26 Å². The third-order valence-electron chi connectivity index (χ3n) is 3.06.